The summed E-state index contributed by atoms with van der Waals surface area (Å²) < 4.78 is 34.1. The molecule has 12 heteroatoms. The molecule has 0 aromatic heterocycles. The second-order valence-electron chi connectivity index (χ2n) is 11.2. The standard InChI is InChI=1S/C24H34O12/c1-13(25)17(3)11-23(29)21(7,31-17)34-20(6,36-23)16(28)10-9-15(27)18(4)12-24(30)22(8,32-18)33-19(5,35-24)14(2)26/h29-30H,9-12H2,1-8H3/t17-,18+,19+,20-,21-,22?,23?,24-/m1/s1. The fourth-order valence-electron chi connectivity index (χ4n) is 5.54. The molecule has 4 rings (SSSR count). The summed E-state index contributed by atoms with van der Waals surface area (Å²) in [6.45, 7) is 10.9. The molecule has 4 aliphatic heterocycles. The van der Waals surface area contributed by atoms with Crippen LogP contribution in [0.5, 0.6) is 0 Å². The number of Topliss-reactive ketones (excluding diaryl/α,β-unsaturated/α-hetero) is 4. The van der Waals surface area contributed by atoms with Crippen LogP contribution in [-0.2, 0) is 47.6 Å². The molecular weight excluding hydrogens is 480 g/mol. The number of rotatable bonds is 7. The van der Waals surface area contributed by atoms with Gasteiger partial charge >= 0.3 is 0 Å². The van der Waals surface area contributed by atoms with Gasteiger partial charge in [-0.25, -0.2) is 0 Å². The number of hydrogen-bond acceptors (Lipinski definition) is 12. The quantitative estimate of drug-likeness (QED) is 0.491. The highest BCUT2D eigenvalue weighted by atomic mass is 16.9. The summed E-state index contributed by atoms with van der Waals surface area (Å²) in [7, 11) is 0. The zero-order chi connectivity index (χ0) is 27.4. The van der Waals surface area contributed by atoms with Gasteiger partial charge in [0, 0.05) is 32.6 Å². The van der Waals surface area contributed by atoms with Gasteiger partial charge < -0.3 is 38.6 Å². The van der Waals surface area contributed by atoms with Gasteiger partial charge in [0.05, 0.1) is 0 Å². The first kappa shape index (κ1) is 27.4. The normalized spacial score (nSPS) is 51.7. The Hall–Kier alpha value is -1.64. The van der Waals surface area contributed by atoms with E-state index in [1.807, 2.05) is 0 Å². The largest absolute Gasteiger partial charge is 0.361 e. The van der Waals surface area contributed by atoms with Crippen molar-refractivity contribution in [2.45, 2.75) is 127 Å². The second-order valence-corrected chi connectivity index (χ2v) is 11.2. The average Bonchev–Trinajstić information content (AvgIpc) is 3.18. The molecule has 4 heterocycles. The summed E-state index contributed by atoms with van der Waals surface area (Å²) in [5.74, 6) is -13.3. The minimum atomic E-state index is -2.07. The Balaban J connectivity index is 1.42. The molecule has 2 unspecified atom stereocenters. The minimum Gasteiger partial charge on any atom is -0.361 e. The Labute approximate surface area is 208 Å². The highest BCUT2D eigenvalue weighted by Gasteiger charge is 2.75. The molecule has 202 valence electrons. The fraction of sp³-hybridized carbons (Fsp3) is 0.833. The van der Waals surface area contributed by atoms with E-state index in [0.29, 0.717) is 0 Å². The van der Waals surface area contributed by atoms with Crippen molar-refractivity contribution in [1.82, 2.24) is 0 Å². The summed E-state index contributed by atoms with van der Waals surface area (Å²) >= 11 is 0. The van der Waals surface area contributed by atoms with Crippen LogP contribution in [0.1, 0.15) is 81.1 Å². The van der Waals surface area contributed by atoms with Gasteiger partial charge in [-0.1, -0.05) is 0 Å². The second kappa shape index (κ2) is 7.48. The van der Waals surface area contributed by atoms with Crippen LogP contribution in [-0.4, -0.2) is 79.3 Å². The topological polar surface area (TPSA) is 164 Å². The van der Waals surface area contributed by atoms with Crippen LogP contribution in [0, 0.1) is 0 Å². The molecule has 0 aromatic rings. The highest BCUT2D eigenvalue weighted by molar-refractivity contribution is 5.94. The Kier molecular flexibility index (Phi) is 5.69. The van der Waals surface area contributed by atoms with Crippen LogP contribution >= 0.6 is 0 Å². The Morgan fingerprint density at radius 1 is 0.583 bits per heavy atom. The number of ether oxygens (including phenoxy) is 6. The van der Waals surface area contributed by atoms with E-state index in [4.69, 9.17) is 28.4 Å². The number of fused-ring (bicyclic) bond motifs is 2. The summed E-state index contributed by atoms with van der Waals surface area (Å²) in [6.07, 6.45) is -1.22. The van der Waals surface area contributed by atoms with Crippen molar-refractivity contribution in [3.05, 3.63) is 0 Å². The molecule has 2 N–H and O–H groups in total. The summed E-state index contributed by atoms with van der Waals surface area (Å²) in [4.78, 5) is 50.1. The lowest BCUT2D eigenvalue weighted by Crippen LogP contribution is -2.46. The smallest absolute Gasteiger partial charge is 0.231 e. The van der Waals surface area contributed by atoms with Gasteiger partial charge in [-0.2, -0.15) is 0 Å². The summed E-state index contributed by atoms with van der Waals surface area (Å²) in [6, 6.07) is 0. The molecule has 4 aliphatic rings. The van der Waals surface area contributed by atoms with Crippen molar-refractivity contribution in [3.8, 4) is 0 Å². The molecule has 0 aromatic carbocycles. The van der Waals surface area contributed by atoms with Gasteiger partial charge in [0.15, 0.2) is 23.1 Å². The van der Waals surface area contributed by atoms with Crippen molar-refractivity contribution < 1.29 is 57.8 Å². The van der Waals surface area contributed by atoms with E-state index in [1.165, 1.54) is 55.4 Å². The van der Waals surface area contributed by atoms with Gasteiger partial charge in [0.1, 0.15) is 11.2 Å². The summed E-state index contributed by atoms with van der Waals surface area (Å²) in [5.41, 5.74) is -2.93. The fourth-order valence-corrected chi connectivity index (χ4v) is 5.54. The van der Waals surface area contributed by atoms with Crippen molar-refractivity contribution >= 4 is 23.1 Å². The average molecular weight is 515 g/mol. The Bertz CT molecular complexity index is 930. The van der Waals surface area contributed by atoms with Crippen molar-refractivity contribution in [2.75, 3.05) is 0 Å². The van der Waals surface area contributed by atoms with Crippen LogP contribution < -0.4 is 0 Å². The van der Waals surface area contributed by atoms with Gasteiger partial charge in [0.25, 0.3) is 0 Å². The third-order valence-corrected chi connectivity index (χ3v) is 7.98. The molecule has 4 saturated heterocycles. The Morgan fingerprint density at radius 2 is 1.00 bits per heavy atom. The first-order chi connectivity index (χ1) is 16.1. The van der Waals surface area contributed by atoms with Gasteiger partial charge in [-0.3, -0.25) is 19.2 Å². The molecule has 0 saturated carbocycles. The predicted octanol–water partition coefficient (Wildman–Crippen LogP) is 0.776. The van der Waals surface area contributed by atoms with Gasteiger partial charge in [0.2, 0.25) is 34.7 Å². The maximum atomic E-state index is 13.1. The van der Waals surface area contributed by atoms with E-state index in [9.17, 15) is 29.4 Å². The van der Waals surface area contributed by atoms with Gasteiger partial charge in [-0.05, 0) is 48.5 Å². The van der Waals surface area contributed by atoms with E-state index >= 15 is 0 Å². The number of carbonyl (C=O) groups is 4. The monoisotopic (exact) mass is 514 g/mol. The molecule has 0 amide bonds. The lowest BCUT2D eigenvalue weighted by Gasteiger charge is -2.31. The van der Waals surface area contributed by atoms with Crippen LogP contribution in [0.15, 0.2) is 0 Å². The van der Waals surface area contributed by atoms with Crippen molar-refractivity contribution in [3.63, 3.8) is 0 Å². The predicted molar refractivity (Wildman–Crippen MR) is 117 cm³/mol. The maximum Gasteiger partial charge on any atom is 0.231 e. The van der Waals surface area contributed by atoms with E-state index < -0.39 is 63.3 Å². The lowest BCUT2D eigenvalue weighted by molar-refractivity contribution is -0.272. The number of ketones is 4. The van der Waals surface area contributed by atoms with Crippen molar-refractivity contribution in [1.29, 1.82) is 0 Å². The third-order valence-electron chi connectivity index (χ3n) is 7.98. The molecule has 0 bridgehead atoms. The zero-order valence-electron chi connectivity index (χ0n) is 21.8. The molecule has 4 fully saturated rings. The van der Waals surface area contributed by atoms with E-state index in [1.54, 1.807) is 0 Å². The lowest BCUT2D eigenvalue weighted by atomic mass is 9.89. The number of carbonyl (C=O) groups excluding carboxylic acids is 4. The Morgan fingerprint density at radius 3 is 1.47 bits per heavy atom. The number of aliphatic hydroxyl groups is 2. The van der Waals surface area contributed by atoms with Crippen LogP contribution in [0.4, 0.5) is 0 Å². The highest BCUT2D eigenvalue weighted by Crippen LogP contribution is 2.57. The molecule has 36 heavy (non-hydrogen) atoms. The van der Waals surface area contributed by atoms with E-state index in [-0.39, 0.29) is 31.5 Å². The molecule has 0 radical (unpaired) electrons. The maximum absolute atomic E-state index is 13.1. The minimum absolute atomic E-state index is 0.240. The summed E-state index contributed by atoms with van der Waals surface area (Å²) in [5, 5.41) is 22.1. The molecule has 12 nitrogen and oxygen atoms in total. The van der Waals surface area contributed by atoms with Crippen LogP contribution in [0.2, 0.25) is 0 Å². The third kappa shape index (κ3) is 3.65. The van der Waals surface area contributed by atoms with Crippen LogP contribution in [0.3, 0.4) is 0 Å². The molecular formula is C24H34O12. The number of hydrogen-bond donors (Lipinski definition) is 2. The molecule has 0 spiro atoms. The molecule has 0 aliphatic carbocycles. The molecule has 8 atom stereocenters. The van der Waals surface area contributed by atoms with E-state index in [2.05, 4.69) is 0 Å². The van der Waals surface area contributed by atoms with E-state index in [0.717, 1.165) is 0 Å². The SMILES string of the molecule is CC(=O)[C@@]1(C)OC2(C)O[C@](C)(C(=O)CCC(=O)[C@@]3(C)OC4(O)C[C@](C)(C(C)=O)O[C@]4(C)O3)C[C@@]2(O)O1. The van der Waals surface area contributed by atoms with Crippen molar-refractivity contribution in [2.24, 2.45) is 0 Å². The first-order valence-corrected chi connectivity index (χ1v) is 11.8. The first-order valence-electron chi connectivity index (χ1n) is 11.8. The van der Waals surface area contributed by atoms with Gasteiger partial charge in [-0.15, -0.1) is 0 Å². The zero-order valence-corrected chi connectivity index (χ0v) is 21.8. The van der Waals surface area contributed by atoms with Crippen LogP contribution in [0.25, 0.3) is 0 Å².